The number of nitrogens with one attached hydrogen (secondary N) is 1. The van der Waals surface area contributed by atoms with E-state index in [0.29, 0.717) is 0 Å². The summed E-state index contributed by atoms with van der Waals surface area (Å²) in [7, 11) is 0. The van der Waals surface area contributed by atoms with Crippen LogP contribution in [0.5, 0.6) is 0 Å². The molecular weight excluding hydrogens is 374 g/mol. The van der Waals surface area contributed by atoms with E-state index in [1.54, 1.807) is 0 Å². The Morgan fingerprint density at radius 2 is 1.83 bits per heavy atom. The van der Waals surface area contributed by atoms with E-state index in [9.17, 15) is 19.7 Å². The lowest BCUT2D eigenvalue weighted by Gasteiger charge is -2.59. The van der Waals surface area contributed by atoms with Crippen molar-refractivity contribution in [2.75, 3.05) is 12.3 Å². The first-order valence-corrected chi connectivity index (χ1v) is 10.3. The molecule has 8 nitrogen and oxygen atoms in total. The van der Waals surface area contributed by atoms with Crippen LogP contribution < -0.4 is 11.1 Å². The number of anilines is 1. The van der Waals surface area contributed by atoms with E-state index in [-0.39, 0.29) is 34.3 Å². The first-order valence-electron chi connectivity index (χ1n) is 10.3. The fraction of sp³-hybridized carbons (Fsp3) is 0.619. The van der Waals surface area contributed by atoms with Crippen LogP contribution in [0.15, 0.2) is 18.2 Å². The van der Waals surface area contributed by atoms with Gasteiger partial charge in [-0.3, -0.25) is 14.9 Å². The lowest BCUT2D eigenvalue weighted by molar-refractivity contribution is -0.384. The molecule has 1 amide bonds. The molecule has 0 unspecified atom stereocenters. The molecule has 0 saturated heterocycles. The lowest BCUT2D eigenvalue weighted by Crippen LogP contribution is -2.56. The Hall–Kier alpha value is -2.64. The Bertz CT molecular complexity index is 817. The maximum atomic E-state index is 12.4. The highest BCUT2D eigenvalue weighted by Gasteiger charge is 2.53. The fourth-order valence-corrected chi connectivity index (χ4v) is 6.20. The zero-order valence-corrected chi connectivity index (χ0v) is 16.6. The number of nitro benzene ring substituents is 1. The number of amides is 1. The number of hydrogen-bond donors (Lipinski definition) is 2. The number of ether oxygens (including phenoxy) is 1. The van der Waals surface area contributed by atoms with Crippen LogP contribution in [-0.2, 0) is 9.53 Å². The second-order valence-corrected chi connectivity index (χ2v) is 9.17. The van der Waals surface area contributed by atoms with E-state index >= 15 is 0 Å². The smallest absolute Gasteiger partial charge is 0.340 e. The van der Waals surface area contributed by atoms with Gasteiger partial charge >= 0.3 is 5.97 Å². The molecule has 8 heteroatoms. The predicted molar refractivity (Wildman–Crippen MR) is 106 cm³/mol. The third kappa shape index (κ3) is 3.80. The molecule has 0 aromatic heterocycles. The van der Waals surface area contributed by atoms with Gasteiger partial charge < -0.3 is 15.8 Å². The summed E-state index contributed by atoms with van der Waals surface area (Å²) in [6.07, 6.45) is 7.56. The summed E-state index contributed by atoms with van der Waals surface area (Å²) in [6, 6.07) is 3.58. The Balaban J connectivity index is 1.32. The summed E-state index contributed by atoms with van der Waals surface area (Å²) < 4.78 is 5.09. The summed E-state index contributed by atoms with van der Waals surface area (Å²) in [5, 5.41) is 13.8. The number of esters is 1. The molecule has 1 atom stereocenters. The van der Waals surface area contributed by atoms with Crippen LogP contribution in [0.2, 0.25) is 0 Å². The molecule has 1 aromatic rings. The number of carbonyl (C=O) groups is 2. The first-order chi connectivity index (χ1) is 13.8. The van der Waals surface area contributed by atoms with Gasteiger partial charge in [0.25, 0.3) is 11.6 Å². The number of nitro groups is 1. The van der Waals surface area contributed by atoms with Crippen LogP contribution in [0.1, 0.15) is 55.8 Å². The SMILES string of the molecule is C[C@H](NC(=O)COC(=O)c1ccc([N+](=O)[O-])cc1N)C12CC3CC(CC(C3)C1)C2. The van der Waals surface area contributed by atoms with Gasteiger partial charge in [-0.15, -0.1) is 0 Å². The minimum absolute atomic E-state index is 0.0116. The van der Waals surface area contributed by atoms with Gasteiger partial charge in [-0.25, -0.2) is 4.79 Å². The lowest BCUT2D eigenvalue weighted by atomic mass is 9.48. The van der Waals surface area contributed by atoms with Gasteiger partial charge in [-0.2, -0.15) is 0 Å². The number of rotatable bonds is 6. The molecule has 29 heavy (non-hydrogen) atoms. The Kier molecular flexibility index (Phi) is 4.96. The van der Waals surface area contributed by atoms with Crippen molar-refractivity contribution < 1.29 is 19.2 Å². The standard InChI is InChI=1S/C21H27N3O5/c1-12(21-8-13-4-14(9-21)6-15(5-13)10-21)23-19(25)11-29-20(26)17-3-2-16(24(27)28)7-18(17)22/h2-3,7,12-15H,4-6,8-11,22H2,1H3,(H,23,25)/t12-,13?,14?,15?,21?/m0/s1. The Morgan fingerprint density at radius 3 is 2.34 bits per heavy atom. The highest BCUT2D eigenvalue weighted by Crippen LogP contribution is 2.61. The third-order valence-corrected chi connectivity index (χ3v) is 7.18. The van der Waals surface area contributed by atoms with Crippen LogP contribution >= 0.6 is 0 Å². The molecule has 5 rings (SSSR count). The second-order valence-electron chi connectivity index (χ2n) is 9.17. The molecule has 4 aliphatic carbocycles. The number of nitrogens with zero attached hydrogens (tertiary/aromatic N) is 1. The van der Waals surface area contributed by atoms with Gasteiger partial charge in [0.15, 0.2) is 6.61 Å². The van der Waals surface area contributed by atoms with Crippen molar-refractivity contribution in [1.82, 2.24) is 5.32 Å². The summed E-state index contributed by atoms with van der Waals surface area (Å²) in [5.74, 6) is 1.28. The second kappa shape index (κ2) is 7.31. The maximum Gasteiger partial charge on any atom is 0.340 e. The highest BCUT2D eigenvalue weighted by molar-refractivity contribution is 5.96. The van der Waals surface area contributed by atoms with Crippen molar-refractivity contribution in [2.45, 2.75) is 51.5 Å². The van der Waals surface area contributed by atoms with Crippen molar-refractivity contribution in [3.63, 3.8) is 0 Å². The molecule has 0 radical (unpaired) electrons. The molecule has 4 fully saturated rings. The number of nitrogens with two attached hydrogens (primary N) is 1. The van der Waals surface area contributed by atoms with Crippen molar-refractivity contribution in [3.8, 4) is 0 Å². The van der Waals surface area contributed by atoms with E-state index in [1.165, 1.54) is 50.7 Å². The average Bonchev–Trinajstić information content (AvgIpc) is 2.64. The highest BCUT2D eigenvalue weighted by atomic mass is 16.6. The van der Waals surface area contributed by atoms with Gasteiger partial charge in [-0.05, 0) is 74.7 Å². The van der Waals surface area contributed by atoms with E-state index in [2.05, 4.69) is 12.2 Å². The van der Waals surface area contributed by atoms with Gasteiger partial charge in [0, 0.05) is 18.2 Å². The van der Waals surface area contributed by atoms with E-state index < -0.39 is 17.5 Å². The number of hydrogen-bond acceptors (Lipinski definition) is 6. The molecule has 4 bridgehead atoms. The molecule has 4 aliphatic rings. The number of benzene rings is 1. The van der Waals surface area contributed by atoms with E-state index in [4.69, 9.17) is 10.5 Å². The van der Waals surface area contributed by atoms with Gasteiger partial charge in [0.05, 0.1) is 16.2 Å². The minimum Gasteiger partial charge on any atom is -0.452 e. The predicted octanol–water partition coefficient (Wildman–Crippen LogP) is 3.05. The largest absolute Gasteiger partial charge is 0.452 e. The summed E-state index contributed by atoms with van der Waals surface area (Å²) >= 11 is 0. The number of non-ortho nitro benzene ring substituents is 1. The first kappa shape index (κ1) is 19.7. The van der Waals surface area contributed by atoms with Gasteiger partial charge in [0.1, 0.15) is 0 Å². The average molecular weight is 401 g/mol. The molecule has 0 heterocycles. The van der Waals surface area contributed by atoms with Gasteiger partial charge in [0.2, 0.25) is 0 Å². The summed E-state index contributed by atoms with van der Waals surface area (Å²) in [4.78, 5) is 34.8. The maximum absolute atomic E-state index is 12.4. The van der Waals surface area contributed by atoms with Crippen molar-refractivity contribution in [3.05, 3.63) is 33.9 Å². The van der Waals surface area contributed by atoms with Crippen LogP contribution in [0.3, 0.4) is 0 Å². The molecule has 3 N–H and O–H groups in total. The Morgan fingerprint density at radius 1 is 1.24 bits per heavy atom. The molecular formula is C21H27N3O5. The number of nitrogen functional groups attached to an aromatic ring is 1. The van der Waals surface area contributed by atoms with Crippen LogP contribution in [0.25, 0.3) is 0 Å². The van der Waals surface area contributed by atoms with Crippen molar-refractivity contribution in [1.29, 1.82) is 0 Å². The summed E-state index contributed by atoms with van der Waals surface area (Å²) in [5.41, 5.74) is 5.64. The molecule has 0 aliphatic heterocycles. The zero-order valence-electron chi connectivity index (χ0n) is 16.6. The topological polar surface area (TPSA) is 125 Å². The molecule has 1 aromatic carbocycles. The van der Waals surface area contributed by atoms with E-state index in [0.717, 1.165) is 23.8 Å². The molecule has 0 spiro atoms. The third-order valence-electron chi connectivity index (χ3n) is 7.18. The molecule has 4 saturated carbocycles. The number of carbonyl (C=O) groups excluding carboxylic acids is 2. The molecule has 156 valence electrons. The van der Waals surface area contributed by atoms with Crippen LogP contribution in [0.4, 0.5) is 11.4 Å². The monoisotopic (exact) mass is 401 g/mol. The Labute approximate surface area is 169 Å². The van der Waals surface area contributed by atoms with Gasteiger partial charge in [-0.1, -0.05) is 0 Å². The normalized spacial score (nSPS) is 30.6. The van der Waals surface area contributed by atoms with Crippen molar-refractivity contribution in [2.24, 2.45) is 23.2 Å². The zero-order chi connectivity index (χ0) is 20.8. The van der Waals surface area contributed by atoms with Crippen LogP contribution in [-0.4, -0.2) is 29.4 Å². The summed E-state index contributed by atoms with van der Waals surface area (Å²) in [6.45, 7) is 1.67. The van der Waals surface area contributed by atoms with Crippen LogP contribution in [0, 0.1) is 33.3 Å². The van der Waals surface area contributed by atoms with E-state index in [1.807, 2.05) is 0 Å². The fourth-order valence-electron chi connectivity index (χ4n) is 6.20. The minimum atomic E-state index is -0.769. The quantitative estimate of drug-likeness (QED) is 0.327. The van der Waals surface area contributed by atoms with Crippen molar-refractivity contribution >= 4 is 23.3 Å².